The molecular weight excluding hydrogens is 310 g/mol. The smallest absolute Gasteiger partial charge is 0.258 e. The third-order valence-corrected chi connectivity index (χ3v) is 4.32. The molecule has 0 aliphatic carbocycles. The normalized spacial score (nSPS) is 11.0. The Bertz CT molecular complexity index is 954. The van der Waals surface area contributed by atoms with Crippen LogP contribution in [0.3, 0.4) is 0 Å². The number of fused-ring (bicyclic) bond motifs is 1. The largest absolute Gasteiger partial charge is 0.307 e. The van der Waals surface area contributed by atoms with Gasteiger partial charge in [0, 0.05) is 11.5 Å². The number of carbonyl (C=O) groups excluding carboxylic acids is 1. The van der Waals surface area contributed by atoms with E-state index in [-0.39, 0.29) is 5.91 Å². The number of aromatic nitrogens is 4. The van der Waals surface area contributed by atoms with Gasteiger partial charge in [0.2, 0.25) is 0 Å². The molecule has 7 heteroatoms. The second-order valence-corrected chi connectivity index (χ2v) is 5.88. The number of thiophene rings is 1. The Hall–Kier alpha value is -2.93. The molecule has 0 bridgehead atoms. The molecule has 0 spiro atoms. The fraction of sp³-hybridized carbons (Fsp3) is 0.0625. The van der Waals surface area contributed by atoms with Gasteiger partial charge in [0.15, 0.2) is 0 Å². The molecule has 3 heterocycles. The SMILES string of the molecule is O=C(Nc1ccnn1Cc1ccsc1)c1cccc2cn[nH]c12. The molecule has 23 heavy (non-hydrogen) atoms. The zero-order valence-corrected chi connectivity index (χ0v) is 12.9. The summed E-state index contributed by atoms with van der Waals surface area (Å²) in [4.78, 5) is 12.6. The second-order valence-electron chi connectivity index (χ2n) is 5.10. The zero-order chi connectivity index (χ0) is 15.6. The Balaban J connectivity index is 1.60. The van der Waals surface area contributed by atoms with Crippen LogP contribution < -0.4 is 5.32 Å². The first-order valence-electron chi connectivity index (χ1n) is 7.07. The standard InChI is InChI=1S/C16H13N5OS/c22-16(13-3-1-2-12-8-17-20-15(12)13)19-14-4-6-18-21(14)9-11-5-7-23-10-11/h1-8,10H,9H2,(H,17,20)(H,19,22). The number of nitrogens with one attached hydrogen (secondary N) is 2. The molecule has 3 aromatic heterocycles. The first-order valence-corrected chi connectivity index (χ1v) is 8.02. The van der Waals surface area contributed by atoms with E-state index in [0.717, 1.165) is 16.5 Å². The van der Waals surface area contributed by atoms with Crippen LogP contribution in [0.4, 0.5) is 5.82 Å². The van der Waals surface area contributed by atoms with E-state index in [4.69, 9.17) is 0 Å². The average Bonchev–Trinajstić information content (AvgIpc) is 3.29. The molecule has 1 amide bonds. The lowest BCUT2D eigenvalue weighted by Crippen LogP contribution is -2.16. The number of carbonyl (C=O) groups is 1. The summed E-state index contributed by atoms with van der Waals surface area (Å²) in [5, 5.41) is 19.0. The Labute approximate surface area is 135 Å². The van der Waals surface area contributed by atoms with E-state index < -0.39 is 0 Å². The predicted molar refractivity (Wildman–Crippen MR) is 89.7 cm³/mol. The molecule has 0 atom stereocenters. The van der Waals surface area contributed by atoms with Gasteiger partial charge in [-0.05, 0) is 28.5 Å². The van der Waals surface area contributed by atoms with Crippen molar-refractivity contribution >= 4 is 34.0 Å². The van der Waals surface area contributed by atoms with Gasteiger partial charge in [-0.15, -0.1) is 0 Å². The summed E-state index contributed by atoms with van der Waals surface area (Å²) < 4.78 is 1.77. The quantitative estimate of drug-likeness (QED) is 0.606. The Morgan fingerprint density at radius 2 is 2.26 bits per heavy atom. The number of benzene rings is 1. The van der Waals surface area contributed by atoms with Gasteiger partial charge in [0.05, 0.1) is 30.0 Å². The van der Waals surface area contributed by atoms with E-state index >= 15 is 0 Å². The minimum atomic E-state index is -0.188. The van der Waals surface area contributed by atoms with Gasteiger partial charge >= 0.3 is 0 Å². The lowest BCUT2D eigenvalue weighted by Gasteiger charge is -2.09. The highest BCUT2D eigenvalue weighted by Crippen LogP contribution is 2.18. The maximum absolute atomic E-state index is 12.6. The van der Waals surface area contributed by atoms with Crippen LogP contribution in [0.25, 0.3) is 10.9 Å². The topological polar surface area (TPSA) is 75.6 Å². The average molecular weight is 323 g/mol. The lowest BCUT2D eigenvalue weighted by molar-refractivity contribution is 0.102. The second kappa shape index (κ2) is 5.69. The van der Waals surface area contributed by atoms with Crippen LogP contribution in [-0.4, -0.2) is 25.9 Å². The number of hydrogen-bond donors (Lipinski definition) is 2. The van der Waals surface area contributed by atoms with E-state index in [1.807, 2.05) is 23.6 Å². The molecule has 0 fully saturated rings. The summed E-state index contributed by atoms with van der Waals surface area (Å²) in [6, 6.07) is 9.36. The molecular formula is C16H13N5OS. The van der Waals surface area contributed by atoms with Gasteiger partial charge < -0.3 is 5.32 Å². The lowest BCUT2D eigenvalue weighted by atomic mass is 10.1. The summed E-state index contributed by atoms with van der Waals surface area (Å²) >= 11 is 1.64. The molecule has 0 aliphatic heterocycles. The number of anilines is 1. The third kappa shape index (κ3) is 2.62. The van der Waals surface area contributed by atoms with Gasteiger partial charge in [-0.1, -0.05) is 12.1 Å². The number of aromatic amines is 1. The molecule has 4 aromatic rings. The molecule has 0 radical (unpaired) electrons. The van der Waals surface area contributed by atoms with E-state index in [9.17, 15) is 4.79 Å². The maximum atomic E-state index is 12.6. The van der Waals surface area contributed by atoms with Gasteiger partial charge in [0.25, 0.3) is 5.91 Å². The van der Waals surface area contributed by atoms with Crippen molar-refractivity contribution in [1.82, 2.24) is 20.0 Å². The van der Waals surface area contributed by atoms with Gasteiger partial charge in [-0.2, -0.15) is 21.5 Å². The summed E-state index contributed by atoms with van der Waals surface area (Å²) in [6.07, 6.45) is 3.38. The molecule has 4 rings (SSSR count). The number of rotatable bonds is 4. The van der Waals surface area contributed by atoms with Crippen molar-refractivity contribution in [3.05, 3.63) is 64.6 Å². The molecule has 0 saturated heterocycles. The molecule has 0 aliphatic rings. The van der Waals surface area contributed by atoms with Crippen molar-refractivity contribution in [2.75, 3.05) is 5.32 Å². The molecule has 2 N–H and O–H groups in total. The van der Waals surface area contributed by atoms with Crippen molar-refractivity contribution in [3.8, 4) is 0 Å². The van der Waals surface area contributed by atoms with Crippen LogP contribution in [0.5, 0.6) is 0 Å². The molecule has 0 saturated carbocycles. The molecule has 0 unspecified atom stereocenters. The highest BCUT2D eigenvalue weighted by atomic mass is 32.1. The van der Waals surface area contributed by atoms with E-state index in [0.29, 0.717) is 17.9 Å². The summed E-state index contributed by atoms with van der Waals surface area (Å²) in [5.41, 5.74) is 2.45. The highest BCUT2D eigenvalue weighted by molar-refractivity contribution is 7.07. The minimum Gasteiger partial charge on any atom is -0.307 e. The van der Waals surface area contributed by atoms with Crippen molar-refractivity contribution in [3.63, 3.8) is 0 Å². The van der Waals surface area contributed by atoms with Crippen LogP contribution in [0, 0.1) is 0 Å². The first kappa shape index (κ1) is 13.7. The molecule has 1 aromatic carbocycles. The number of para-hydroxylation sites is 1. The van der Waals surface area contributed by atoms with Crippen LogP contribution in [0.15, 0.2) is 53.5 Å². The van der Waals surface area contributed by atoms with Crippen LogP contribution in [-0.2, 0) is 6.54 Å². The van der Waals surface area contributed by atoms with Gasteiger partial charge in [0.1, 0.15) is 5.82 Å². The number of H-pyrrole nitrogens is 1. The Morgan fingerprint density at radius 1 is 1.30 bits per heavy atom. The van der Waals surface area contributed by atoms with Crippen molar-refractivity contribution in [2.45, 2.75) is 6.54 Å². The van der Waals surface area contributed by atoms with Crippen LogP contribution >= 0.6 is 11.3 Å². The van der Waals surface area contributed by atoms with Gasteiger partial charge in [-0.3, -0.25) is 9.89 Å². The van der Waals surface area contributed by atoms with Crippen molar-refractivity contribution in [1.29, 1.82) is 0 Å². The third-order valence-electron chi connectivity index (χ3n) is 3.59. The molecule has 6 nitrogen and oxygen atoms in total. The summed E-state index contributed by atoms with van der Waals surface area (Å²) in [7, 11) is 0. The summed E-state index contributed by atoms with van der Waals surface area (Å²) in [5.74, 6) is 0.477. The maximum Gasteiger partial charge on any atom is 0.258 e. The van der Waals surface area contributed by atoms with E-state index in [1.54, 1.807) is 40.5 Å². The Kier molecular flexibility index (Phi) is 3.39. The van der Waals surface area contributed by atoms with E-state index in [1.165, 1.54) is 0 Å². The fourth-order valence-corrected chi connectivity index (χ4v) is 3.12. The van der Waals surface area contributed by atoms with E-state index in [2.05, 4.69) is 26.0 Å². The fourth-order valence-electron chi connectivity index (χ4n) is 2.46. The number of amides is 1. The zero-order valence-electron chi connectivity index (χ0n) is 12.1. The van der Waals surface area contributed by atoms with Crippen molar-refractivity contribution < 1.29 is 4.79 Å². The van der Waals surface area contributed by atoms with Gasteiger partial charge in [-0.25, -0.2) is 4.68 Å². The molecule has 114 valence electrons. The minimum absolute atomic E-state index is 0.188. The Morgan fingerprint density at radius 3 is 3.13 bits per heavy atom. The van der Waals surface area contributed by atoms with Crippen molar-refractivity contribution in [2.24, 2.45) is 0 Å². The highest BCUT2D eigenvalue weighted by Gasteiger charge is 2.13. The summed E-state index contributed by atoms with van der Waals surface area (Å²) in [6.45, 7) is 0.625. The van der Waals surface area contributed by atoms with Crippen LogP contribution in [0.2, 0.25) is 0 Å². The monoisotopic (exact) mass is 323 g/mol. The number of nitrogens with zero attached hydrogens (tertiary/aromatic N) is 3. The first-order chi connectivity index (χ1) is 11.3. The predicted octanol–water partition coefficient (Wildman–Crippen LogP) is 3.12. The number of hydrogen-bond acceptors (Lipinski definition) is 4. The van der Waals surface area contributed by atoms with Crippen LogP contribution in [0.1, 0.15) is 15.9 Å².